The van der Waals surface area contributed by atoms with Crippen molar-refractivity contribution >= 4 is 24.6 Å². The van der Waals surface area contributed by atoms with Gasteiger partial charge < -0.3 is 23.8 Å². The molecular formula is C23H36BN3O5. The molecule has 1 atom stereocenters. The summed E-state index contributed by atoms with van der Waals surface area (Å²) in [5.41, 5.74) is 0.160. The van der Waals surface area contributed by atoms with E-state index in [0.29, 0.717) is 25.3 Å². The molecule has 176 valence electrons. The first kappa shape index (κ1) is 24.5. The molecule has 8 nitrogen and oxygen atoms in total. The molecule has 3 heterocycles. The van der Waals surface area contributed by atoms with E-state index in [1.54, 1.807) is 16.0 Å². The molecule has 32 heavy (non-hydrogen) atoms. The van der Waals surface area contributed by atoms with E-state index in [1.807, 2.05) is 67.5 Å². The Labute approximate surface area is 191 Å². The Balaban J connectivity index is 1.55. The summed E-state index contributed by atoms with van der Waals surface area (Å²) in [7, 11) is -0.473. The number of hydrogen-bond donors (Lipinski definition) is 0. The molecule has 2 aliphatic heterocycles. The van der Waals surface area contributed by atoms with E-state index < -0.39 is 23.9 Å². The summed E-state index contributed by atoms with van der Waals surface area (Å²) in [6.07, 6.45) is 1.59. The summed E-state index contributed by atoms with van der Waals surface area (Å²) in [6, 6.07) is 3.64. The third-order valence-corrected chi connectivity index (χ3v) is 6.31. The molecule has 1 aromatic heterocycles. The van der Waals surface area contributed by atoms with Gasteiger partial charge in [0.15, 0.2) is 0 Å². The quantitative estimate of drug-likeness (QED) is 0.665. The number of nitrogens with zero attached hydrogens (tertiary/aromatic N) is 3. The number of rotatable bonds is 3. The largest absolute Gasteiger partial charge is 0.496 e. The highest BCUT2D eigenvalue weighted by Crippen LogP contribution is 2.36. The lowest BCUT2D eigenvalue weighted by Gasteiger charge is -2.40. The number of hydrogen-bond acceptors (Lipinski definition) is 6. The van der Waals surface area contributed by atoms with E-state index >= 15 is 0 Å². The molecule has 0 radical (unpaired) electrons. The van der Waals surface area contributed by atoms with Crippen molar-refractivity contribution in [2.24, 2.45) is 0 Å². The normalized spacial score (nSPS) is 22.8. The third kappa shape index (κ3) is 5.43. The van der Waals surface area contributed by atoms with Crippen molar-refractivity contribution in [2.45, 2.75) is 84.7 Å². The predicted molar refractivity (Wildman–Crippen MR) is 123 cm³/mol. The number of pyridine rings is 1. The van der Waals surface area contributed by atoms with Gasteiger partial charge in [0, 0.05) is 43.0 Å². The Morgan fingerprint density at radius 3 is 2.28 bits per heavy atom. The summed E-state index contributed by atoms with van der Waals surface area (Å²) < 4.78 is 17.6. The first-order valence-electron chi connectivity index (χ1n) is 11.3. The van der Waals surface area contributed by atoms with Gasteiger partial charge in [-0.25, -0.2) is 4.79 Å². The molecule has 0 aromatic carbocycles. The van der Waals surface area contributed by atoms with Gasteiger partial charge in [-0.1, -0.05) is 6.07 Å². The average Bonchev–Trinajstić information content (AvgIpc) is 2.88. The Bertz CT molecular complexity index is 834. The van der Waals surface area contributed by atoms with Crippen LogP contribution < -0.4 is 5.46 Å². The van der Waals surface area contributed by atoms with Crippen molar-refractivity contribution in [1.82, 2.24) is 14.8 Å². The molecule has 9 heteroatoms. The van der Waals surface area contributed by atoms with Crippen molar-refractivity contribution in [3.63, 3.8) is 0 Å². The van der Waals surface area contributed by atoms with Crippen molar-refractivity contribution in [3.05, 3.63) is 24.0 Å². The van der Waals surface area contributed by atoms with Crippen LogP contribution >= 0.6 is 0 Å². The van der Waals surface area contributed by atoms with Gasteiger partial charge in [-0.15, -0.1) is 0 Å². The Morgan fingerprint density at radius 1 is 1.16 bits per heavy atom. The topological polar surface area (TPSA) is 81.2 Å². The monoisotopic (exact) mass is 445 g/mol. The Morgan fingerprint density at radius 2 is 1.78 bits per heavy atom. The number of ether oxygens (including phenoxy) is 1. The van der Waals surface area contributed by atoms with Crippen LogP contribution in [0.4, 0.5) is 4.79 Å². The Kier molecular flexibility index (Phi) is 6.64. The molecule has 3 rings (SSSR count). The molecule has 0 spiro atoms. The first-order chi connectivity index (χ1) is 14.7. The van der Waals surface area contributed by atoms with Gasteiger partial charge in [0.2, 0.25) is 5.91 Å². The van der Waals surface area contributed by atoms with Gasteiger partial charge in [0.1, 0.15) is 5.60 Å². The van der Waals surface area contributed by atoms with E-state index in [2.05, 4.69) is 4.98 Å². The molecule has 2 amide bonds. The van der Waals surface area contributed by atoms with Gasteiger partial charge in [-0.3, -0.25) is 9.78 Å². The van der Waals surface area contributed by atoms with Crippen molar-refractivity contribution in [1.29, 1.82) is 0 Å². The van der Waals surface area contributed by atoms with Gasteiger partial charge >= 0.3 is 13.2 Å². The first-order valence-corrected chi connectivity index (χ1v) is 11.3. The highest BCUT2D eigenvalue weighted by Gasteiger charge is 2.51. The van der Waals surface area contributed by atoms with Gasteiger partial charge in [0.25, 0.3) is 0 Å². The minimum Gasteiger partial charge on any atom is -0.444 e. The SMILES string of the molecule is C[C@@H]1CN(C(=O)Cc2ccc(B3OC(C)(C)C(C)(C)O3)cn2)CCN1C(=O)OC(C)(C)C. The standard InChI is InChI=1S/C23H36BN3O5/c1-16-15-26(11-12-27(16)20(29)30-21(2,3)4)19(28)13-18-10-9-17(14-25-18)24-31-22(5,6)23(7,8)32-24/h9-10,14,16H,11-13,15H2,1-8H3/t16-/m1/s1. The number of piperazine rings is 1. The summed E-state index contributed by atoms with van der Waals surface area (Å²) in [4.78, 5) is 33.2. The number of amides is 2. The highest BCUT2D eigenvalue weighted by molar-refractivity contribution is 6.62. The fourth-order valence-corrected chi connectivity index (χ4v) is 3.70. The van der Waals surface area contributed by atoms with E-state index in [0.717, 1.165) is 5.46 Å². The van der Waals surface area contributed by atoms with Gasteiger partial charge in [0.05, 0.1) is 17.6 Å². The van der Waals surface area contributed by atoms with Crippen LogP contribution in [0.1, 0.15) is 61.1 Å². The summed E-state index contributed by atoms with van der Waals surface area (Å²) in [5, 5.41) is 0. The van der Waals surface area contributed by atoms with E-state index in [1.165, 1.54) is 0 Å². The molecule has 1 aromatic rings. The zero-order chi connectivity index (χ0) is 23.9. The molecule has 0 N–H and O–H groups in total. The van der Waals surface area contributed by atoms with E-state index in [4.69, 9.17) is 14.0 Å². The maximum absolute atomic E-state index is 12.8. The fraction of sp³-hybridized carbons (Fsp3) is 0.696. The average molecular weight is 445 g/mol. The predicted octanol–water partition coefficient (Wildman–Crippen LogP) is 2.39. The minimum absolute atomic E-state index is 0.00317. The maximum atomic E-state index is 12.8. The number of aromatic nitrogens is 1. The lowest BCUT2D eigenvalue weighted by atomic mass is 9.80. The second-order valence-corrected chi connectivity index (χ2v) is 10.7. The van der Waals surface area contributed by atoms with Crippen molar-refractivity contribution < 1.29 is 23.6 Å². The summed E-state index contributed by atoms with van der Waals surface area (Å²) >= 11 is 0. The molecule has 2 aliphatic rings. The molecule has 0 bridgehead atoms. The maximum Gasteiger partial charge on any atom is 0.496 e. The molecule has 2 fully saturated rings. The minimum atomic E-state index is -0.540. The van der Waals surface area contributed by atoms with Crippen molar-refractivity contribution in [2.75, 3.05) is 19.6 Å². The zero-order valence-corrected chi connectivity index (χ0v) is 20.6. The second-order valence-electron chi connectivity index (χ2n) is 10.7. The molecule has 0 saturated carbocycles. The van der Waals surface area contributed by atoms with Crippen LogP contribution in [0, 0.1) is 0 Å². The summed E-state index contributed by atoms with van der Waals surface area (Å²) in [5.74, 6) is -0.00317. The highest BCUT2D eigenvalue weighted by atomic mass is 16.7. The van der Waals surface area contributed by atoms with Gasteiger partial charge in [-0.2, -0.15) is 0 Å². The van der Waals surface area contributed by atoms with Crippen LogP contribution in [-0.2, 0) is 25.3 Å². The number of carbonyl (C=O) groups excluding carboxylic acids is 2. The lowest BCUT2D eigenvalue weighted by Crippen LogP contribution is -2.56. The third-order valence-electron chi connectivity index (χ3n) is 6.31. The van der Waals surface area contributed by atoms with Crippen LogP contribution in [0.3, 0.4) is 0 Å². The lowest BCUT2D eigenvalue weighted by molar-refractivity contribution is -0.133. The van der Waals surface area contributed by atoms with Crippen LogP contribution in [-0.4, -0.2) is 76.4 Å². The van der Waals surface area contributed by atoms with Crippen LogP contribution in [0.2, 0.25) is 0 Å². The fourth-order valence-electron chi connectivity index (χ4n) is 3.70. The van der Waals surface area contributed by atoms with E-state index in [9.17, 15) is 9.59 Å². The molecule has 0 unspecified atom stereocenters. The zero-order valence-electron chi connectivity index (χ0n) is 20.6. The smallest absolute Gasteiger partial charge is 0.444 e. The Hall–Kier alpha value is -2.13. The van der Waals surface area contributed by atoms with Crippen molar-refractivity contribution in [3.8, 4) is 0 Å². The van der Waals surface area contributed by atoms with Crippen LogP contribution in [0.15, 0.2) is 18.3 Å². The van der Waals surface area contributed by atoms with Crippen LogP contribution in [0.25, 0.3) is 0 Å². The van der Waals surface area contributed by atoms with E-state index in [-0.39, 0.29) is 24.5 Å². The molecule has 2 saturated heterocycles. The molecular weight excluding hydrogens is 409 g/mol. The second kappa shape index (κ2) is 8.67. The summed E-state index contributed by atoms with van der Waals surface area (Å²) in [6.45, 7) is 16.9. The van der Waals surface area contributed by atoms with Crippen LogP contribution in [0.5, 0.6) is 0 Å². The van der Waals surface area contributed by atoms with Gasteiger partial charge in [-0.05, 0) is 61.5 Å². The molecule has 0 aliphatic carbocycles. The number of carbonyl (C=O) groups is 2.